The largest absolute Gasteiger partial charge is 0.411 e. The summed E-state index contributed by atoms with van der Waals surface area (Å²) >= 11 is 0. The minimum absolute atomic E-state index is 0.186. The zero-order chi connectivity index (χ0) is 17.0. The van der Waals surface area contributed by atoms with Crippen molar-refractivity contribution in [3.63, 3.8) is 0 Å². The zero-order valence-corrected chi connectivity index (χ0v) is 14.1. The summed E-state index contributed by atoms with van der Waals surface area (Å²) in [5, 5.41) is 25.0. The predicted octanol–water partition coefficient (Wildman–Crippen LogP) is 2.51. The van der Waals surface area contributed by atoms with Crippen molar-refractivity contribution in [1.82, 2.24) is 0 Å². The number of hydrogen-bond donors (Lipinski definition) is 2. The Balaban J connectivity index is 1.66. The molecule has 2 heterocycles. The molecule has 0 aromatic carbocycles. The summed E-state index contributed by atoms with van der Waals surface area (Å²) < 4.78 is 21.9. The fourth-order valence-corrected chi connectivity index (χ4v) is 2.78. The van der Waals surface area contributed by atoms with Gasteiger partial charge in [-0.3, -0.25) is 0 Å². The second kappa shape index (κ2) is 11.4. The van der Waals surface area contributed by atoms with Gasteiger partial charge in [0, 0.05) is 0 Å². The zero-order valence-electron chi connectivity index (χ0n) is 14.1. The van der Waals surface area contributed by atoms with Gasteiger partial charge >= 0.3 is 0 Å². The molecule has 0 unspecified atom stereocenters. The lowest BCUT2D eigenvalue weighted by Gasteiger charge is -2.23. The Hall–Kier alpha value is -1.22. The van der Waals surface area contributed by atoms with Crippen molar-refractivity contribution in [1.29, 1.82) is 0 Å². The normalized spacial score (nSPS) is 22.0. The summed E-state index contributed by atoms with van der Waals surface area (Å²) in [6, 6.07) is 0. The van der Waals surface area contributed by atoms with Crippen LogP contribution in [0.5, 0.6) is 0 Å². The molecule has 0 spiro atoms. The molecule has 0 bridgehead atoms. The van der Waals surface area contributed by atoms with Crippen LogP contribution in [0, 0.1) is 0 Å². The van der Waals surface area contributed by atoms with Crippen molar-refractivity contribution < 1.29 is 29.4 Å². The highest BCUT2D eigenvalue weighted by atomic mass is 16.7. The molecule has 2 saturated heterocycles. The lowest BCUT2D eigenvalue weighted by molar-refractivity contribution is -0.181. The topological polar surface area (TPSA) is 102 Å². The van der Waals surface area contributed by atoms with E-state index in [1.165, 1.54) is 0 Å². The first kappa shape index (κ1) is 19.1. The molecule has 0 amide bonds. The molecule has 8 nitrogen and oxygen atoms in total. The number of nitrogens with zero attached hydrogens (tertiary/aromatic N) is 2. The third-order valence-corrected chi connectivity index (χ3v) is 4.07. The van der Waals surface area contributed by atoms with Crippen molar-refractivity contribution >= 4 is 11.4 Å². The molecule has 0 atom stereocenters. The molecule has 2 aliphatic heterocycles. The van der Waals surface area contributed by atoms with Crippen molar-refractivity contribution in [2.24, 2.45) is 10.3 Å². The van der Waals surface area contributed by atoms with E-state index in [9.17, 15) is 10.4 Å². The molecule has 0 saturated carbocycles. The van der Waals surface area contributed by atoms with Crippen molar-refractivity contribution in [2.75, 3.05) is 26.4 Å². The molecule has 0 aliphatic carbocycles. The molecule has 0 radical (unpaired) electrons. The SMILES string of the molecule is O/N=C(CCCC1OCCCO1)/C(CCCC1OCCCO1)=N/O. The third kappa shape index (κ3) is 6.72. The Morgan fingerprint density at radius 2 is 1.08 bits per heavy atom. The first-order valence-electron chi connectivity index (χ1n) is 8.72. The Kier molecular flexibility index (Phi) is 9.04. The van der Waals surface area contributed by atoms with Crippen molar-refractivity contribution in [3.8, 4) is 0 Å². The van der Waals surface area contributed by atoms with Crippen LogP contribution in [-0.2, 0) is 18.9 Å². The minimum atomic E-state index is -0.186. The molecule has 0 aromatic rings. The average molecular weight is 344 g/mol. The standard InChI is InChI=1S/C16H28N2O6/c19-17-13(5-1-7-15-21-9-3-10-22-15)14(18-20)6-2-8-16-23-11-4-12-24-16/h15-16,19-20H,1-12H2/b17-13+,18-14+. The van der Waals surface area contributed by atoms with Crippen LogP contribution in [0.15, 0.2) is 10.3 Å². The Morgan fingerprint density at radius 1 is 0.708 bits per heavy atom. The van der Waals surface area contributed by atoms with Gasteiger partial charge in [-0.25, -0.2) is 0 Å². The summed E-state index contributed by atoms with van der Waals surface area (Å²) in [5.74, 6) is 0. The summed E-state index contributed by atoms with van der Waals surface area (Å²) in [7, 11) is 0. The summed E-state index contributed by atoms with van der Waals surface area (Å²) in [4.78, 5) is 0. The molecule has 2 aliphatic rings. The Morgan fingerprint density at radius 3 is 1.42 bits per heavy atom. The molecule has 2 fully saturated rings. The van der Waals surface area contributed by atoms with Gasteiger partial charge in [0.05, 0.1) is 26.4 Å². The van der Waals surface area contributed by atoms with Gasteiger partial charge in [-0.1, -0.05) is 10.3 Å². The predicted molar refractivity (Wildman–Crippen MR) is 86.8 cm³/mol. The monoisotopic (exact) mass is 344 g/mol. The van der Waals surface area contributed by atoms with Crippen LogP contribution in [0.4, 0.5) is 0 Å². The van der Waals surface area contributed by atoms with Crippen molar-refractivity contribution in [2.45, 2.75) is 63.9 Å². The molecule has 0 aromatic heterocycles. The van der Waals surface area contributed by atoms with Gasteiger partial charge in [0.1, 0.15) is 11.4 Å². The van der Waals surface area contributed by atoms with Gasteiger partial charge in [-0.05, 0) is 51.4 Å². The number of rotatable bonds is 9. The van der Waals surface area contributed by atoms with E-state index >= 15 is 0 Å². The van der Waals surface area contributed by atoms with Crippen molar-refractivity contribution in [3.05, 3.63) is 0 Å². The molecule has 2 rings (SSSR count). The first-order valence-corrected chi connectivity index (χ1v) is 8.72. The van der Waals surface area contributed by atoms with E-state index in [1.807, 2.05) is 0 Å². The van der Waals surface area contributed by atoms with Crippen LogP contribution in [-0.4, -0.2) is 60.8 Å². The number of hydrogen-bond acceptors (Lipinski definition) is 8. The fourth-order valence-electron chi connectivity index (χ4n) is 2.78. The quantitative estimate of drug-likeness (QED) is 0.378. The first-order chi connectivity index (χ1) is 11.8. The lowest BCUT2D eigenvalue weighted by Crippen LogP contribution is -2.26. The molecule has 24 heavy (non-hydrogen) atoms. The van der Waals surface area contributed by atoms with E-state index in [1.54, 1.807) is 0 Å². The summed E-state index contributed by atoms with van der Waals surface area (Å²) in [6.45, 7) is 2.89. The molecular formula is C16H28N2O6. The number of ether oxygens (including phenoxy) is 4. The minimum Gasteiger partial charge on any atom is -0.411 e. The molecular weight excluding hydrogens is 316 g/mol. The second-order valence-electron chi connectivity index (χ2n) is 5.93. The maximum atomic E-state index is 9.20. The Labute approximate surface area is 142 Å². The highest BCUT2D eigenvalue weighted by Crippen LogP contribution is 2.15. The molecule has 2 N–H and O–H groups in total. The van der Waals surface area contributed by atoms with Gasteiger partial charge in [0.15, 0.2) is 12.6 Å². The van der Waals surface area contributed by atoms with Gasteiger partial charge in [0.2, 0.25) is 0 Å². The van der Waals surface area contributed by atoms with E-state index in [-0.39, 0.29) is 12.6 Å². The van der Waals surface area contributed by atoms with E-state index in [2.05, 4.69) is 10.3 Å². The number of oxime groups is 2. The maximum Gasteiger partial charge on any atom is 0.157 e. The second-order valence-corrected chi connectivity index (χ2v) is 5.93. The van der Waals surface area contributed by atoms with E-state index < -0.39 is 0 Å². The van der Waals surface area contributed by atoms with Gasteiger partial charge in [-0.15, -0.1) is 0 Å². The molecule has 138 valence electrons. The summed E-state index contributed by atoms with van der Waals surface area (Å²) in [6.07, 6.45) is 5.41. The van der Waals surface area contributed by atoms with E-state index in [0.717, 1.165) is 65.0 Å². The van der Waals surface area contributed by atoms with Gasteiger partial charge in [-0.2, -0.15) is 0 Å². The highest BCUT2D eigenvalue weighted by molar-refractivity contribution is 6.42. The van der Waals surface area contributed by atoms with Crippen LogP contribution in [0.1, 0.15) is 51.4 Å². The van der Waals surface area contributed by atoms with Crippen LogP contribution < -0.4 is 0 Å². The highest BCUT2D eigenvalue weighted by Gasteiger charge is 2.18. The Bertz CT molecular complexity index is 365. The van der Waals surface area contributed by atoms with E-state index in [4.69, 9.17) is 18.9 Å². The average Bonchev–Trinajstić information content (AvgIpc) is 2.65. The fraction of sp³-hybridized carbons (Fsp3) is 0.875. The third-order valence-electron chi connectivity index (χ3n) is 4.07. The summed E-state index contributed by atoms with van der Waals surface area (Å²) in [5.41, 5.74) is 0.803. The van der Waals surface area contributed by atoms with Crippen LogP contribution >= 0.6 is 0 Å². The van der Waals surface area contributed by atoms with Crippen LogP contribution in [0.3, 0.4) is 0 Å². The smallest absolute Gasteiger partial charge is 0.157 e. The lowest BCUT2D eigenvalue weighted by atomic mass is 10.0. The van der Waals surface area contributed by atoms with Crippen LogP contribution in [0.2, 0.25) is 0 Å². The maximum absolute atomic E-state index is 9.20. The van der Waals surface area contributed by atoms with E-state index in [0.29, 0.717) is 24.3 Å². The van der Waals surface area contributed by atoms with Crippen LogP contribution in [0.25, 0.3) is 0 Å². The van der Waals surface area contributed by atoms with Gasteiger partial charge in [0.25, 0.3) is 0 Å². The van der Waals surface area contributed by atoms with Gasteiger partial charge < -0.3 is 29.4 Å². The molecule has 8 heteroatoms.